The number of aromatic nitrogens is 1. The van der Waals surface area contributed by atoms with Crippen LogP contribution in [0.25, 0.3) is 0 Å². The first kappa shape index (κ1) is 19.7. The van der Waals surface area contributed by atoms with E-state index in [2.05, 4.69) is 26.2 Å². The number of anilines is 1. The first-order valence-electron chi connectivity index (χ1n) is 7.23. The number of nitrogens with zero attached hydrogens (tertiary/aromatic N) is 2. The van der Waals surface area contributed by atoms with Crippen molar-refractivity contribution in [3.63, 3.8) is 0 Å². The van der Waals surface area contributed by atoms with E-state index in [9.17, 15) is 13.2 Å². The number of pyridine rings is 1. The average Bonchev–Trinajstić information content (AvgIpc) is 2.58. The molecule has 0 aliphatic heterocycles. The molecule has 2 rings (SSSR count). The monoisotopic (exact) mass is 443 g/mol. The van der Waals surface area contributed by atoms with Crippen LogP contribution in [0.15, 0.2) is 45.9 Å². The second-order valence-corrected chi connectivity index (χ2v) is 9.03. The van der Waals surface area contributed by atoms with Crippen molar-refractivity contribution in [3.8, 4) is 0 Å². The zero-order valence-corrected chi connectivity index (χ0v) is 17.2. The molecule has 0 fully saturated rings. The molecule has 0 spiro atoms. The smallest absolute Gasteiger partial charge is 0.255 e. The van der Waals surface area contributed by atoms with E-state index in [4.69, 9.17) is 0 Å². The van der Waals surface area contributed by atoms with Crippen LogP contribution >= 0.6 is 27.7 Å². The van der Waals surface area contributed by atoms with Gasteiger partial charge in [-0.25, -0.2) is 13.4 Å². The van der Waals surface area contributed by atoms with Gasteiger partial charge in [-0.15, -0.1) is 11.8 Å². The number of benzene rings is 1. The number of nitrogens with one attached hydrogen (secondary N) is 1. The first-order valence-corrected chi connectivity index (χ1v) is 11.1. The Kier molecular flexibility index (Phi) is 6.47. The topological polar surface area (TPSA) is 79.4 Å². The van der Waals surface area contributed by atoms with Gasteiger partial charge >= 0.3 is 0 Å². The number of thioether (sulfide) groups is 1. The van der Waals surface area contributed by atoms with Crippen LogP contribution in [0, 0.1) is 0 Å². The highest BCUT2D eigenvalue weighted by Gasteiger charge is 2.21. The predicted octanol–water partition coefficient (Wildman–Crippen LogP) is 2.89. The van der Waals surface area contributed by atoms with Crippen LogP contribution in [0.5, 0.6) is 0 Å². The third-order valence-electron chi connectivity index (χ3n) is 3.51. The van der Waals surface area contributed by atoms with Crippen molar-refractivity contribution < 1.29 is 13.2 Å². The SMILES string of the molecule is CSc1ccccc1CNC(=O)c1cc(Br)cnc1N(C)S(C)(=O)=O. The minimum Gasteiger partial charge on any atom is -0.348 e. The zero-order valence-electron chi connectivity index (χ0n) is 14.0. The van der Waals surface area contributed by atoms with E-state index < -0.39 is 15.9 Å². The third-order valence-corrected chi connectivity index (χ3v) is 5.95. The maximum Gasteiger partial charge on any atom is 0.255 e. The Morgan fingerprint density at radius 2 is 2.04 bits per heavy atom. The van der Waals surface area contributed by atoms with Gasteiger partial charge in [-0.3, -0.25) is 9.10 Å². The Balaban J connectivity index is 2.28. The lowest BCUT2D eigenvalue weighted by atomic mass is 10.2. The summed E-state index contributed by atoms with van der Waals surface area (Å²) in [6.45, 7) is 0.338. The number of carbonyl (C=O) groups excluding carboxylic acids is 1. The number of amides is 1. The maximum atomic E-state index is 12.6. The second-order valence-electron chi connectivity index (χ2n) is 5.25. The molecular formula is C16H18BrN3O3S2. The van der Waals surface area contributed by atoms with Crippen molar-refractivity contribution in [1.29, 1.82) is 0 Å². The van der Waals surface area contributed by atoms with Crippen molar-refractivity contribution in [3.05, 3.63) is 52.1 Å². The number of halogens is 1. The molecule has 0 bridgehead atoms. The quantitative estimate of drug-likeness (QED) is 0.694. The molecule has 1 aromatic carbocycles. The zero-order chi connectivity index (χ0) is 18.6. The van der Waals surface area contributed by atoms with E-state index in [1.54, 1.807) is 17.8 Å². The van der Waals surface area contributed by atoms with Crippen molar-refractivity contribution in [1.82, 2.24) is 10.3 Å². The average molecular weight is 444 g/mol. The highest BCUT2D eigenvalue weighted by atomic mass is 79.9. The lowest BCUT2D eigenvalue weighted by Crippen LogP contribution is -2.30. The molecule has 1 heterocycles. The minimum atomic E-state index is -3.53. The molecule has 1 aromatic heterocycles. The molecule has 0 atom stereocenters. The lowest BCUT2D eigenvalue weighted by molar-refractivity contribution is 0.0951. The predicted molar refractivity (Wildman–Crippen MR) is 105 cm³/mol. The Morgan fingerprint density at radius 3 is 2.68 bits per heavy atom. The van der Waals surface area contributed by atoms with Crippen LogP contribution in [0.3, 0.4) is 0 Å². The summed E-state index contributed by atoms with van der Waals surface area (Å²) in [5.41, 5.74) is 1.17. The Morgan fingerprint density at radius 1 is 1.36 bits per heavy atom. The Hall–Kier alpha value is -1.58. The molecule has 9 heteroatoms. The molecule has 0 saturated heterocycles. The number of sulfonamides is 1. The van der Waals surface area contributed by atoms with Gasteiger partial charge in [-0.1, -0.05) is 18.2 Å². The van der Waals surface area contributed by atoms with Gasteiger partial charge in [-0.05, 0) is 39.9 Å². The second kappa shape index (κ2) is 8.20. The van der Waals surface area contributed by atoms with E-state index in [-0.39, 0.29) is 11.4 Å². The maximum absolute atomic E-state index is 12.6. The summed E-state index contributed by atoms with van der Waals surface area (Å²) in [6, 6.07) is 9.32. The fraction of sp³-hybridized carbons (Fsp3) is 0.250. The fourth-order valence-corrected chi connectivity index (χ4v) is 3.53. The van der Waals surface area contributed by atoms with E-state index in [0.29, 0.717) is 11.0 Å². The number of rotatable bonds is 6. The summed E-state index contributed by atoms with van der Waals surface area (Å²) in [4.78, 5) is 17.8. The van der Waals surface area contributed by atoms with Crippen LogP contribution in [0.4, 0.5) is 5.82 Å². The molecule has 2 aromatic rings. The van der Waals surface area contributed by atoms with Crippen molar-refractivity contribution in [2.75, 3.05) is 23.9 Å². The molecule has 0 radical (unpaired) electrons. The molecule has 1 amide bonds. The molecule has 0 aliphatic carbocycles. The van der Waals surface area contributed by atoms with Gasteiger partial charge in [0.1, 0.15) is 0 Å². The third kappa shape index (κ3) is 4.96. The standard InChI is InChI=1S/C16H18BrN3O3S2/c1-20(25(3,22)23)15-13(8-12(17)10-18-15)16(21)19-9-11-6-4-5-7-14(11)24-2/h4-8,10H,9H2,1-3H3,(H,19,21). The van der Waals surface area contributed by atoms with Gasteiger partial charge in [0.05, 0.1) is 11.8 Å². The van der Waals surface area contributed by atoms with Crippen LogP contribution in [-0.2, 0) is 16.6 Å². The molecule has 0 aliphatic rings. The highest BCUT2D eigenvalue weighted by molar-refractivity contribution is 9.10. The summed E-state index contributed by atoms with van der Waals surface area (Å²) in [7, 11) is -2.16. The van der Waals surface area contributed by atoms with Gasteiger partial charge in [0.2, 0.25) is 10.0 Å². The summed E-state index contributed by atoms with van der Waals surface area (Å²) < 4.78 is 25.2. The molecular weight excluding hydrogens is 426 g/mol. The fourth-order valence-electron chi connectivity index (χ4n) is 2.13. The molecule has 1 N–H and O–H groups in total. The summed E-state index contributed by atoms with van der Waals surface area (Å²) in [5.74, 6) is -0.309. The molecule has 6 nitrogen and oxygen atoms in total. The van der Waals surface area contributed by atoms with Crippen LogP contribution in [0.1, 0.15) is 15.9 Å². The minimum absolute atomic E-state index is 0.0846. The lowest BCUT2D eigenvalue weighted by Gasteiger charge is -2.19. The molecule has 0 saturated carbocycles. The summed E-state index contributed by atoms with van der Waals surface area (Å²) in [6.07, 6.45) is 4.49. The van der Waals surface area contributed by atoms with E-state index in [0.717, 1.165) is 21.0 Å². The van der Waals surface area contributed by atoms with E-state index in [1.165, 1.54) is 13.2 Å². The molecule has 25 heavy (non-hydrogen) atoms. The van der Waals surface area contributed by atoms with Gasteiger partial charge in [0.15, 0.2) is 5.82 Å². The summed E-state index contributed by atoms with van der Waals surface area (Å²) >= 11 is 4.87. The van der Waals surface area contributed by atoms with Crippen LogP contribution in [-0.4, -0.2) is 38.9 Å². The number of hydrogen-bond acceptors (Lipinski definition) is 5. The van der Waals surface area contributed by atoms with Gasteiger partial charge in [-0.2, -0.15) is 0 Å². The highest BCUT2D eigenvalue weighted by Crippen LogP contribution is 2.23. The Bertz CT molecular complexity index is 888. The molecule has 0 unspecified atom stereocenters. The van der Waals surface area contributed by atoms with Crippen LogP contribution < -0.4 is 9.62 Å². The summed E-state index contributed by atoms with van der Waals surface area (Å²) in [5, 5.41) is 2.83. The first-order chi connectivity index (χ1) is 11.7. The van der Waals surface area contributed by atoms with Gasteiger partial charge < -0.3 is 5.32 Å². The Labute approximate surface area is 160 Å². The van der Waals surface area contributed by atoms with Gasteiger partial charge in [0.25, 0.3) is 5.91 Å². The van der Waals surface area contributed by atoms with Crippen molar-refractivity contribution in [2.45, 2.75) is 11.4 Å². The normalized spacial score (nSPS) is 11.2. The van der Waals surface area contributed by atoms with E-state index in [1.807, 2.05) is 30.5 Å². The van der Waals surface area contributed by atoms with Gasteiger partial charge in [0, 0.05) is 29.2 Å². The largest absolute Gasteiger partial charge is 0.348 e. The number of hydrogen-bond donors (Lipinski definition) is 1. The van der Waals surface area contributed by atoms with Crippen LogP contribution in [0.2, 0.25) is 0 Å². The van der Waals surface area contributed by atoms with E-state index >= 15 is 0 Å². The molecule has 134 valence electrons. The van der Waals surface area contributed by atoms with Crippen molar-refractivity contribution >= 4 is 49.4 Å². The number of carbonyl (C=O) groups is 1. The van der Waals surface area contributed by atoms with Crippen molar-refractivity contribution in [2.24, 2.45) is 0 Å².